The van der Waals surface area contributed by atoms with Crippen LogP contribution in [0.4, 0.5) is 11.4 Å². The number of aryl methyl sites for hydroxylation is 1. The minimum absolute atomic E-state index is 0.0823. The van der Waals surface area contributed by atoms with Crippen LogP contribution in [0.15, 0.2) is 24.4 Å². The number of benzene rings is 1. The lowest BCUT2D eigenvalue weighted by atomic mass is 10.2. The van der Waals surface area contributed by atoms with Crippen LogP contribution in [0.2, 0.25) is 5.02 Å². The second-order valence-corrected chi connectivity index (χ2v) is 5.16. The molecule has 1 amide bonds. The number of hydrogen-bond donors (Lipinski definition) is 1. The average Bonchev–Trinajstić information content (AvgIpc) is 2.93. The quantitative estimate of drug-likeness (QED) is 0.645. The third-order valence-electron chi connectivity index (χ3n) is 3.21. The summed E-state index contributed by atoms with van der Waals surface area (Å²) in [5.41, 5.74) is 1.17. The van der Waals surface area contributed by atoms with Crippen molar-refractivity contribution in [1.29, 1.82) is 0 Å². The van der Waals surface area contributed by atoms with E-state index in [1.165, 1.54) is 18.0 Å². The summed E-state index contributed by atoms with van der Waals surface area (Å²) in [5.74, 6) is -0.325. The van der Waals surface area contributed by atoms with E-state index < -0.39 is 4.92 Å². The first-order chi connectivity index (χ1) is 10.9. The predicted molar refractivity (Wildman–Crippen MR) is 84.9 cm³/mol. The second kappa shape index (κ2) is 7.10. The number of nitro groups is 1. The highest BCUT2D eigenvalue weighted by atomic mass is 35.5. The van der Waals surface area contributed by atoms with E-state index in [1.807, 2.05) is 0 Å². The largest absolute Gasteiger partial charge is 0.475 e. The first-order valence-electron chi connectivity index (χ1n) is 6.73. The Hall–Kier alpha value is -2.61. The van der Waals surface area contributed by atoms with Gasteiger partial charge < -0.3 is 10.1 Å². The zero-order chi connectivity index (χ0) is 17.0. The third-order valence-corrected chi connectivity index (χ3v) is 3.62. The van der Waals surface area contributed by atoms with Gasteiger partial charge in [0.2, 0.25) is 5.91 Å². The first-order valence-corrected chi connectivity index (χ1v) is 7.11. The molecule has 2 rings (SSSR count). The van der Waals surface area contributed by atoms with Crippen molar-refractivity contribution in [2.24, 2.45) is 0 Å². The lowest BCUT2D eigenvalue weighted by Gasteiger charge is -2.09. The van der Waals surface area contributed by atoms with Gasteiger partial charge >= 0.3 is 11.6 Å². The van der Waals surface area contributed by atoms with Crippen LogP contribution < -0.4 is 10.1 Å². The van der Waals surface area contributed by atoms with Gasteiger partial charge in [0, 0.05) is 17.1 Å². The minimum Gasteiger partial charge on any atom is -0.475 e. The van der Waals surface area contributed by atoms with Crippen molar-refractivity contribution >= 4 is 28.9 Å². The Morgan fingerprint density at radius 1 is 1.52 bits per heavy atom. The van der Waals surface area contributed by atoms with Crippen molar-refractivity contribution in [3.05, 3.63) is 45.1 Å². The molecule has 2 aromatic rings. The van der Waals surface area contributed by atoms with Crippen LogP contribution in [0.3, 0.4) is 0 Å². The zero-order valence-corrected chi connectivity index (χ0v) is 13.3. The van der Waals surface area contributed by atoms with Crippen molar-refractivity contribution in [1.82, 2.24) is 9.78 Å². The van der Waals surface area contributed by atoms with Gasteiger partial charge in [0.15, 0.2) is 0 Å². The number of methoxy groups -OCH3 is 1. The fourth-order valence-corrected chi connectivity index (χ4v) is 2.12. The van der Waals surface area contributed by atoms with Crippen molar-refractivity contribution in [2.75, 3.05) is 12.4 Å². The smallest absolute Gasteiger partial charge is 0.350 e. The maximum absolute atomic E-state index is 12.0. The highest BCUT2D eigenvalue weighted by molar-refractivity contribution is 6.31. The summed E-state index contributed by atoms with van der Waals surface area (Å²) in [6, 6.07) is 5.23. The summed E-state index contributed by atoms with van der Waals surface area (Å²) >= 11 is 5.99. The number of halogens is 1. The predicted octanol–water partition coefficient (Wildman–Crippen LogP) is 2.79. The van der Waals surface area contributed by atoms with E-state index in [1.54, 1.807) is 25.1 Å². The average molecular weight is 339 g/mol. The summed E-state index contributed by atoms with van der Waals surface area (Å²) in [4.78, 5) is 22.2. The lowest BCUT2D eigenvalue weighted by Crippen LogP contribution is -2.15. The number of nitrogens with one attached hydrogen (secondary N) is 1. The summed E-state index contributed by atoms with van der Waals surface area (Å²) in [6.45, 7) is 2.00. The minimum atomic E-state index is -0.586. The number of anilines is 1. The molecule has 122 valence electrons. The molecule has 9 heteroatoms. The Kier molecular flexibility index (Phi) is 5.17. The molecule has 0 aliphatic heterocycles. The summed E-state index contributed by atoms with van der Waals surface area (Å²) in [5, 5.41) is 18.1. The monoisotopic (exact) mass is 338 g/mol. The number of ether oxygens (including phenoxy) is 1. The maximum Gasteiger partial charge on any atom is 0.350 e. The molecule has 0 radical (unpaired) electrons. The number of nitrogens with zero attached hydrogens (tertiary/aromatic N) is 3. The standard InChI is InChI=1S/C14H15ClN4O4/c1-9-10(15)4-3-5-11(9)16-13(20)6-7-18-8-12(19(21)22)14(17-18)23-2/h3-5,8H,6-7H2,1-2H3,(H,16,20). The highest BCUT2D eigenvalue weighted by Crippen LogP contribution is 2.25. The Balaban J connectivity index is 1.99. The van der Waals surface area contributed by atoms with Gasteiger partial charge in [-0.15, -0.1) is 5.10 Å². The highest BCUT2D eigenvalue weighted by Gasteiger charge is 2.20. The molecular formula is C14H15ClN4O4. The van der Waals surface area contributed by atoms with Crippen LogP contribution in [0.25, 0.3) is 0 Å². The molecule has 1 aromatic heterocycles. The first kappa shape index (κ1) is 16.8. The second-order valence-electron chi connectivity index (χ2n) is 4.75. The van der Waals surface area contributed by atoms with Crippen LogP contribution in [0.5, 0.6) is 5.88 Å². The molecule has 0 saturated heterocycles. The Labute approximate surface area is 137 Å². The van der Waals surface area contributed by atoms with Crippen molar-refractivity contribution in [3.63, 3.8) is 0 Å². The molecule has 0 fully saturated rings. The molecular weight excluding hydrogens is 324 g/mol. The maximum atomic E-state index is 12.0. The van der Waals surface area contributed by atoms with Gasteiger partial charge in [-0.05, 0) is 24.6 Å². The molecule has 0 spiro atoms. The molecule has 1 heterocycles. The van der Waals surface area contributed by atoms with Crippen LogP contribution >= 0.6 is 11.6 Å². The Morgan fingerprint density at radius 2 is 2.26 bits per heavy atom. The number of amides is 1. The van der Waals surface area contributed by atoms with Gasteiger partial charge in [-0.3, -0.25) is 19.6 Å². The molecule has 0 aliphatic rings. The zero-order valence-electron chi connectivity index (χ0n) is 12.6. The molecule has 0 bridgehead atoms. The summed E-state index contributed by atoms with van der Waals surface area (Å²) in [6.07, 6.45) is 1.34. The van der Waals surface area contributed by atoms with Gasteiger partial charge in [-0.2, -0.15) is 0 Å². The molecule has 1 aromatic carbocycles. The Bertz CT molecular complexity index is 744. The van der Waals surface area contributed by atoms with Crippen LogP contribution in [-0.2, 0) is 11.3 Å². The van der Waals surface area contributed by atoms with Gasteiger partial charge in [0.05, 0.1) is 18.6 Å². The number of aromatic nitrogens is 2. The van der Waals surface area contributed by atoms with E-state index in [9.17, 15) is 14.9 Å². The molecule has 1 N–H and O–H groups in total. The third kappa shape index (κ3) is 3.98. The summed E-state index contributed by atoms with van der Waals surface area (Å²) in [7, 11) is 1.30. The van der Waals surface area contributed by atoms with E-state index in [2.05, 4.69) is 10.4 Å². The van der Waals surface area contributed by atoms with Gasteiger partial charge in [-0.25, -0.2) is 0 Å². The Morgan fingerprint density at radius 3 is 2.87 bits per heavy atom. The van der Waals surface area contributed by atoms with Crippen LogP contribution in [0, 0.1) is 17.0 Å². The SMILES string of the molecule is COc1nn(CCC(=O)Nc2cccc(Cl)c2C)cc1[N+](=O)[O-]. The molecule has 0 saturated carbocycles. The van der Waals surface area contributed by atoms with Crippen LogP contribution in [0.1, 0.15) is 12.0 Å². The molecule has 0 unspecified atom stereocenters. The van der Waals surface area contributed by atoms with Crippen LogP contribution in [-0.4, -0.2) is 27.7 Å². The molecule has 8 nitrogen and oxygen atoms in total. The van der Waals surface area contributed by atoms with Gasteiger partial charge in [0.1, 0.15) is 6.20 Å². The van der Waals surface area contributed by atoms with E-state index >= 15 is 0 Å². The molecule has 0 atom stereocenters. The van der Waals surface area contributed by atoms with E-state index in [4.69, 9.17) is 16.3 Å². The lowest BCUT2D eigenvalue weighted by molar-refractivity contribution is -0.385. The van der Waals surface area contributed by atoms with E-state index in [-0.39, 0.29) is 30.4 Å². The molecule has 0 aliphatic carbocycles. The number of hydrogen-bond acceptors (Lipinski definition) is 5. The number of rotatable bonds is 6. The fraction of sp³-hybridized carbons (Fsp3) is 0.286. The number of carbonyl (C=O) groups is 1. The van der Waals surface area contributed by atoms with Gasteiger partial charge in [0.25, 0.3) is 0 Å². The van der Waals surface area contributed by atoms with Gasteiger partial charge in [-0.1, -0.05) is 17.7 Å². The normalized spacial score (nSPS) is 10.4. The van der Waals surface area contributed by atoms with Crippen molar-refractivity contribution < 1.29 is 14.5 Å². The fourth-order valence-electron chi connectivity index (χ4n) is 1.95. The van der Waals surface area contributed by atoms with E-state index in [0.29, 0.717) is 10.7 Å². The number of carbonyl (C=O) groups excluding carboxylic acids is 1. The molecule has 23 heavy (non-hydrogen) atoms. The van der Waals surface area contributed by atoms with Crippen molar-refractivity contribution in [3.8, 4) is 5.88 Å². The topological polar surface area (TPSA) is 99.3 Å². The summed E-state index contributed by atoms with van der Waals surface area (Å²) < 4.78 is 6.14. The van der Waals surface area contributed by atoms with E-state index in [0.717, 1.165) is 5.56 Å². The van der Waals surface area contributed by atoms with Crippen molar-refractivity contribution in [2.45, 2.75) is 19.9 Å².